The van der Waals surface area contributed by atoms with Gasteiger partial charge in [0.1, 0.15) is 19.3 Å². The van der Waals surface area contributed by atoms with Crippen molar-refractivity contribution in [3.8, 4) is 0 Å². The van der Waals surface area contributed by atoms with Gasteiger partial charge in [0.25, 0.3) is 0 Å². The lowest BCUT2D eigenvalue weighted by atomic mass is 10.0. The number of hydrogen-bond acceptors (Lipinski definition) is 15. The number of phosphoric acid groups is 2. The van der Waals surface area contributed by atoms with Gasteiger partial charge in [-0.2, -0.15) is 0 Å². The van der Waals surface area contributed by atoms with Crippen molar-refractivity contribution in [3.05, 3.63) is 0 Å². The zero-order valence-corrected chi connectivity index (χ0v) is 73.7. The first kappa shape index (κ1) is 107. The Morgan fingerprint density at radius 3 is 0.624 bits per heavy atom. The molecule has 0 aliphatic heterocycles. The lowest BCUT2D eigenvalue weighted by Crippen LogP contribution is -2.30. The van der Waals surface area contributed by atoms with E-state index in [1.54, 1.807) is 0 Å². The zero-order valence-electron chi connectivity index (χ0n) is 71.9. The number of phosphoric ester groups is 2. The van der Waals surface area contributed by atoms with Crippen LogP contribution >= 0.6 is 15.6 Å². The minimum Gasteiger partial charge on any atom is -0.462 e. The van der Waals surface area contributed by atoms with E-state index in [1.165, 1.54) is 295 Å². The third kappa shape index (κ3) is 83.8. The van der Waals surface area contributed by atoms with E-state index in [-0.39, 0.29) is 25.7 Å². The van der Waals surface area contributed by atoms with Crippen molar-refractivity contribution < 1.29 is 80.2 Å². The van der Waals surface area contributed by atoms with Gasteiger partial charge in [0.05, 0.1) is 26.4 Å². The monoisotopic (exact) mass is 1590 g/mol. The number of carbonyl (C=O) groups excluding carboxylic acids is 4. The quantitative estimate of drug-likeness (QED) is 0.0222. The van der Waals surface area contributed by atoms with E-state index >= 15 is 0 Å². The average molecular weight is 1590 g/mol. The number of aliphatic hydroxyl groups excluding tert-OH is 1. The van der Waals surface area contributed by atoms with Crippen LogP contribution in [0.3, 0.4) is 0 Å². The first-order valence-corrected chi connectivity index (χ1v) is 49.5. The molecule has 0 aliphatic rings. The second kappa shape index (κ2) is 81.2. The van der Waals surface area contributed by atoms with Crippen LogP contribution in [0.15, 0.2) is 0 Å². The Bertz CT molecular complexity index is 2080. The number of esters is 4. The molecule has 109 heavy (non-hydrogen) atoms. The summed E-state index contributed by atoms with van der Waals surface area (Å²) in [4.78, 5) is 73.0. The maximum Gasteiger partial charge on any atom is 0.472 e. The van der Waals surface area contributed by atoms with Crippen molar-refractivity contribution in [2.45, 2.75) is 503 Å². The molecule has 0 aromatic rings. The Labute approximate surface area is 670 Å². The molecule has 5 atom stereocenters. The number of carbonyl (C=O) groups is 4. The predicted octanol–water partition coefficient (Wildman–Crippen LogP) is 27.8. The summed E-state index contributed by atoms with van der Waals surface area (Å²) in [5.41, 5.74) is 0. The Hall–Kier alpha value is -1.94. The van der Waals surface area contributed by atoms with E-state index in [1.807, 2.05) is 0 Å². The second-order valence-electron chi connectivity index (χ2n) is 33.3. The highest BCUT2D eigenvalue weighted by atomic mass is 31.2. The molecule has 0 aromatic carbocycles. The maximum absolute atomic E-state index is 13.2. The lowest BCUT2D eigenvalue weighted by molar-refractivity contribution is -0.161. The molecule has 19 heteroatoms. The summed E-state index contributed by atoms with van der Waals surface area (Å²) in [6, 6.07) is 0. The van der Waals surface area contributed by atoms with Crippen molar-refractivity contribution in [3.63, 3.8) is 0 Å². The number of aliphatic hydroxyl groups is 1. The van der Waals surface area contributed by atoms with E-state index in [0.717, 1.165) is 108 Å². The standard InChI is InChI=1S/C90H176O17P2/c1-7-9-11-13-14-15-16-17-18-19-20-21-22-23-31-36-41-46-51-57-63-69-75-90(95)107-86(79-101-88(93)73-67-61-55-50-45-40-35-30-26-24-28-33-38-43-48-53-59-64-70-82(3)4)81-105-109(98,99)103-77-84(91)76-102-108(96,97)104-80-85(78-100-87(92)72-66-58-12-10-8-2)106-89(94)74-68-62-56-52-47-42-37-32-27-25-29-34-39-44-49-54-60-65-71-83(5)6/h82-86,91H,7-81H2,1-6H3,(H,96,97)(H,98,99)/t84-,85+,86+/m0/s1. The van der Waals surface area contributed by atoms with Gasteiger partial charge in [-0.1, -0.05) is 433 Å². The van der Waals surface area contributed by atoms with Crippen molar-refractivity contribution in [1.82, 2.24) is 0 Å². The predicted molar refractivity (Wildman–Crippen MR) is 451 cm³/mol. The summed E-state index contributed by atoms with van der Waals surface area (Å²) in [6.45, 7) is 9.67. The third-order valence-electron chi connectivity index (χ3n) is 21.2. The van der Waals surface area contributed by atoms with Crippen molar-refractivity contribution in [2.75, 3.05) is 39.6 Å². The van der Waals surface area contributed by atoms with Gasteiger partial charge in [-0.3, -0.25) is 37.3 Å². The Morgan fingerprint density at radius 2 is 0.422 bits per heavy atom. The van der Waals surface area contributed by atoms with Crippen LogP contribution in [0.4, 0.5) is 0 Å². The molecule has 0 fully saturated rings. The highest BCUT2D eigenvalue weighted by Crippen LogP contribution is 2.45. The van der Waals surface area contributed by atoms with Crippen LogP contribution in [-0.4, -0.2) is 96.7 Å². The fourth-order valence-corrected chi connectivity index (χ4v) is 15.7. The number of rotatable bonds is 89. The Balaban J connectivity index is 5.07. The summed E-state index contributed by atoms with van der Waals surface area (Å²) in [5, 5.41) is 10.7. The van der Waals surface area contributed by atoms with Crippen LogP contribution in [-0.2, 0) is 65.4 Å². The first-order chi connectivity index (χ1) is 52.9. The average Bonchev–Trinajstić information content (AvgIpc) is 0.898. The number of hydrogen-bond donors (Lipinski definition) is 3. The number of unbranched alkanes of at least 4 members (excludes halogenated alkanes) is 59. The summed E-state index contributed by atoms with van der Waals surface area (Å²) in [7, 11) is -9.92. The van der Waals surface area contributed by atoms with Crippen molar-refractivity contribution >= 4 is 39.5 Å². The van der Waals surface area contributed by atoms with Gasteiger partial charge < -0.3 is 33.8 Å². The second-order valence-corrected chi connectivity index (χ2v) is 36.2. The van der Waals surface area contributed by atoms with Crippen molar-refractivity contribution in [1.29, 1.82) is 0 Å². The van der Waals surface area contributed by atoms with Crippen LogP contribution < -0.4 is 0 Å². The van der Waals surface area contributed by atoms with E-state index in [0.29, 0.717) is 25.7 Å². The highest BCUT2D eigenvalue weighted by Gasteiger charge is 2.31. The Kier molecular flexibility index (Phi) is 79.8. The minimum absolute atomic E-state index is 0.108. The first-order valence-electron chi connectivity index (χ1n) is 46.5. The van der Waals surface area contributed by atoms with Gasteiger partial charge >= 0.3 is 39.5 Å². The molecule has 0 bridgehead atoms. The molecular formula is C90H176O17P2. The molecule has 0 rings (SSSR count). The molecule has 648 valence electrons. The SMILES string of the molecule is CCCCCCCCCCCCCCCCCCCCCCCCC(=O)O[C@H](COC(=O)CCCCCCCCCCCCCCCCCCCCC(C)C)COP(=O)(O)OC[C@@H](O)COP(=O)(O)OC[C@@H](COC(=O)CCCCCCC)OC(=O)CCCCCCCCCCCCCCCCCCCCC(C)C. The molecule has 17 nitrogen and oxygen atoms in total. The molecular weight excluding hydrogens is 1410 g/mol. The topological polar surface area (TPSA) is 237 Å². The molecule has 0 amide bonds. The van der Waals surface area contributed by atoms with E-state index in [9.17, 15) is 43.2 Å². The van der Waals surface area contributed by atoms with Crippen LogP contribution in [0.2, 0.25) is 0 Å². The van der Waals surface area contributed by atoms with Gasteiger partial charge in [0.15, 0.2) is 12.2 Å². The summed E-state index contributed by atoms with van der Waals surface area (Å²) >= 11 is 0. The molecule has 0 saturated carbocycles. The largest absolute Gasteiger partial charge is 0.472 e. The smallest absolute Gasteiger partial charge is 0.462 e. The fourth-order valence-electron chi connectivity index (χ4n) is 14.1. The maximum atomic E-state index is 13.2. The van der Waals surface area contributed by atoms with E-state index < -0.39 is 97.5 Å². The molecule has 2 unspecified atom stereocenters. The molecule has 0 heterocycles. The van der Waals surface area contributed by atoms with Gasteiger partial charge in [-0.05, 0) is 37.5 Å². The zero-order chi connectivity index (χ0) is 79.9. The Morgan fingerprint density at radius 1 is 0.248 bits per heavy atom. The van der Waals surface area contributed by atoms with E-state index in [4.69, 9.17) is 37.0 Å². The van der Waals surface area contributed by atoms with Crippen LogP contribution in [0.25, 0.3) is 0 Å². The summed E-state index contributed by atoms with van der Waals surface area (Å²) in [6.07, 6.45) is 75.7. The van der Waals surface area contributed by atoms with E-state index in [2.05, 4.69) is 41.5 Å². The van der Waals surface area contributed by atoms with Gasteiger partial charge in [-0.15, -0.1) is 0 Å². The van der Waals surface area contributed by atoms with Crippen LogP contribution in [0.1, 0.15) is 485 Å². The summed E-state index contributed by atoms with van der Waals surface area (Å²) in [5.74, 6) is -0.467. The van der Waals surface area contributed by atoms with Crippen molar-refractivity contribution in [2.24, 2.45) is 11.8 Å². The highest BCUT2D eigenvalue weighted by molar-refractivity contribution is 7.47. The molecule has 0 aliphatic carbocycles. The third-order valence-corrected chi connectivity index (χ3v) is 23.1. The minimum atomic E-state index is -4.97. The molecule has 0 saturated heterocycles. The molecule has 0 spiro atoms. The lowest BCUT2D eigenvalue weighted by Gasteiger charge is -2.21. The van der Waals surface area contributed by atoms with Gasteiger partial charge in [0.2, 0.25) is 0 Å². The number of ether oxygens (including phenoxy) is 4. The fraction of sp³-hybridized carbons (Fsp3) is 0.956. The van der Waals surface area contributed by atoms with Crippen LogP contribution in [0, 0.1) is 11.8 Å². The van der Waals surface area contributed by atoms with Crippen LogP contribution in [0.5, 0.6) is 0 Å². The molecule has 0 radical (unpaired) electrons. The normalized spacial score (nSPS) is 13.8. The van der Waals surface area contributed by atoms with Gasteiger partial charge in [-0.25, -0.2) is 9.13 Å². The molecule has 3 N–H and O–H groups in total. The summed E-state index contributed by atoms with van der Waals surface area (Å²) < 4.78 is 68.7. The molecule has 0 aromatic heterocycles. The van der Waals surface area contributed by atoms with Gasteiger partial charge in [0, 0.05) is 25.7 Å².